The lowest BCUT2D eigenvalue weighted by Gasteiger charge is -2.21. The molecule has 1 aliphatic heterocycles. The predicted molar refractivity (Wildman–Crippen MR) is 91.4 cm³/mol. The second kappa shape index (κ2) is 10.0. The number of nitrogens with one attached hydrogen (secondary N) is 1. The van der Waals surface area contributed by atoms with Gasteiger partial charge in [-0.05, 0) is 19.4 Å². The zero-order valence-electron chi connectivity index (χ0n) is 14.8. The van der Waals surface area contributed by atoms with Crippen LogP contribution in [0.3, 0.4) is 0 Å². The number of alkyl halides is 2. The minimum absolute atomic E-state index is 0.00355. The first-order valence-corrected chi connectivity index (χ1v) is 8.66. The van der Waals surface area contributed by atoms with E-state index in [-0.39, 0.29) is 23.4 Å². The second-order valence-corrected chi connectivity index (χ2v) is 5.94. The molecule has 0 atom stereocenters. The van der Waals surface area contributed by atoms with E-state index in [0.29, 0.717) is 32.7 Å². The number of nitrogens with zero attached hydrogens (tertiary/aromatic N) is 3. The van der Waals surface area contributed by atoms with Gasteiger partial charge < -0.3 is 15.0 Å². The highest BCUT2D eigenvalue weighted by atomic mass is 19.3. The van der Waals surface area contributed by atoms with Crippen molar-refractivity contribution in [3.8, 4) is 5.88 Å². The number of hydrogen-bond donors (Lipinski definition) is 1. The Balaban J connectivity index is 1.93. The Kier molecular flexibility index (Phi) is 7.71. The molecule has 0 saturated carbocycles. The van der Waals surface area contributed by atoms with Crippen LogP contribution in [0.4, 0.5) is 8.78 Å². The van der Waals surface area contributed by atoms with Crippen LogP contribution in [-0.4, -0.2) is 78.9 Å². The highest BCUT2D eigenvalue weighted by Crippen LogP contribution is 2.12. The normalized spacial score (nSPS) is 15.6. The molecule has 0 radical (unpaired) electrons. The molecule has 0 unspecified atom stereocenters. The lowest BCUT2D eigenvalue weighted by atomic mass is 10.3. The summed E-state index contributed by atoms with van der Waals surface area (Å²) in [6.45, 7) is 4.35. The Hall–Kier alpha value is -2.29. The summed E-state index contributed by atoms with van der Waals surface area (Å²) in [5, 5.41) is 2.76. The Morgan fingerprint density at radius 2 is 2.08 bits per heavy atom. The molecule has 0 aliphatic carbocycles. The van der Waals surface area contributed by atoms with Gasteiger partial charge in [0.25, 0.3) is 12.3 Å². The smallest absolute Gasteiger partial charge is 0.272 e. The molecule has 1 aliphatic rings. The van der Waals surface area contributed by atoms with E-state index >= 15 is 0 Å². The molecule has 1 saturated heterocycles. The van der Waals surface area contributed by atoms with E-state index in [9.17, 15) is 18.4 Å². The van der Waals surface area contributed by atoms with Gasteiger partial charge in [0.1, 0.15) is 5.69 Å². The number of likely N-dealkylation sites (N-methyl/N-ethyl adjacent to an activating group) is 1. The van der Waals surface area contributed by atoms with Crippen molar-refractivity contribution in [3.05, 3.63) is 23.9 Å². The number of aromatic nitrogens is 1. The van der Waals surface area contributed by atoms with Crippen LogP contribution < -0.4 is 10.1 Å². The first-order chi connectivity index (χ1) is 12.5. The van der Waals surface area contributed by atoms with E-state index in [4.69, 9.17) is 4.74 Å². The Bertz CT molecular complexity index is 615. The largest absolute Gasteiger partial charge is 0.472 e. The van der Waals surface area contributed by atoms with E-state index in [1.165, 1.54) is 12.1 Å². The molecule has 0 spiro atoms. The SMILES string of the molecule is CCNC(=O)CN1CCCN(C(=O)c2cccc(OCC(F)F)n2)CC1. The van der Waals surface area contributed by atoms with Gasteiger partial charge in [-0.25, -0.2) is 13.8 Å². The molecule has 2 amide bonds. The van der Waals surface area contributed by atoms with E-state index < -0.39 is 13.0 Å². The minimum Gasteiger partial charge on any atom is -0.472 e. The van der Waals surface area contributed by atoms with E-state index in [1.807, 2.05) is 11.8 Å². The zero-order valence-corrected chi connectivity index (χ0v) is 14.8. The molecule has 2 rings (SSSR count). The number of ether oxygens (including phenoxy) is 1. The molecule has 0 bridgehead atoms. The van der Waals surface area contributed by atoms with Crippen molar-refractivity contribution < 1.29 is 23.1 Å². The fraction of sp³-hybridized carbons (Fsp3) is 0.588. The van der Waals surface area contributed by atoms with Crippen LogP contribution in [0, 0.1) is 0 Å². The molecule has 7 nitrogen and oxygen atoms in total. The summed E-state index contributed by atoms with van der Waals surface area (Å²) in [7, 11) is 0. The van der Waals surface area contributed by atoms with Crippen LogP contribution in [0.5, 0.6) is 5.88 Å². The monoisotopic (exact) mass is 370 g/mol. The number of amides is 2. The number of carbonyl (C=O) groups excluding carboxylic acids is 2. The maximum atomic E-state index is 12.6. The second-order valence-electron chi connectivity index (χ2n) is 5.94. The lowest BCUT2D eigenvalue weighted by molar-refractivity contribution is -0.122. The summed E-state index contributed by atoms with van der Waals surface area (Å²) >= 11 is 0. The van der Waals surface area contributed by atoms with Gasteiger partial charge >= 0.3 is 0 Å². The molecule has 1 N–H and O–H groups in total. The number of carbonyl (C=O) groups is 2. The fourth-order valence-electron chi connectivity index (χ4n) is 2.71. The van der Waals surface area contributed by atoms with Crippen molar-refractivity contribution in [3.63, 3.8) is 0 Å². The minimum atomic E-state index is -2.60. The molecule has 2 heterocycles. The van der Waals surface area contributed by atoms with Crippen molar-refractivity contribution in [1.29, 1.82) is 0 Å². The van der Waals surface area contributed by atoms with E-state index in [2.05, 4.69) is 10.3 Å². The third-order valence-electron chi connectivity index (χ3n) is 3.92. The number of halogens is 2. The summed E-state index contributed by atoms with van der Waals surface area (Å²) in [5.74, 6) is -0.297. The summed E-state index contributed by atoms with van der Waals surface area (Å²) in [6, 6.07) is 4.53. The maximum absolute atomic E-state index is 12.6. The predicted octanol–water partition coefficient (Wildman–Crippen LogP) is 1.01. The summed E-state index contributed by atoms with van der Waals surface area (Å²) in [6.07, 6.45) is -1.86. The van der Waals surface area contributed by atoms with E-state index in [1.54, 1.807) is 11.0 Å². The van der Waals surface area contributed by atoms with Crippen molar-refractivity contribution in [2.24, 2.45) is 0 Å². The lowest BCUT2D eigenvalue weighted by Crippen LogP contribution is -2.40. The third kappa shape index (κ3) is 6.21. The topological polar surface area (TPSA) is 74.8 Å². The molecule has 1 aromatic rings. The van der Waals surface area contributed by atoms with E-state index in [0.717, 1.165) is 13.0 Å². The zero-order chi connectivity index (χ0) is 18.9. The summed E-state index contributed by atoms with van der Waals surface area (Å²) in [4.78, 5) is 32.0. The van der Waals surface area contributed by atoms with Crippen LogP contribution in [0.15, 0.2) is 18.2 Å². The van der Waals surface area contributed by atoms with Gasteiger partial charge in [-0.2, -0.15) is 0 Å². The van der Waals surface area contributed by atoms with Crippen molar-refractivity contribution in [2.75, 3.05) is 45.9 Å². The fourth-order valence-corrected chi connectivity index (χ4v) is 2.71. The Morgan fingerprint density at radius 3 is 2.81 bits per heavy atom. The molecular weight excluding hydrogens is 346 g/mol. The average molecular weight is 370 g/mol. The van der Waals surface area contributed by atoms with Crippen molar-refractivity contribution >= 4 is 11.8 Å². The van der Waals surface area contributed by atoms with Crippen LogP contribution in [0.2, 0.25) is 0 Å². The van der Waals surface area contributed by atoms with Gasteiger partial charge in [-0.15, -0.1) is 0 Å². The molecule has 1 aromatic heterocycles. The molecule has 144 valence electrons. The van der Waals surface area contributed by atoms with Gasteiger partial charge in [0.2, 0.25) is 11.8 Å². The average Bonchev–Trinajstić information content (AvgIpc) is 2.85. The van der Waals surface area contributed by atoms with Gasteiger partial charge in [0, 0.05) is 38.8 Å². The van der Waals surface area contributed by atoms with Gasteiger partial charge in [-0.3, -0.25) is 14.5 Å². The molecule has 1 fully saturated rings. The molecule has 9 heteroatoms. The van der Waals surface area contributed by atoms with Gasteiger partial charge in [-0.1, -0.05) is 6.07 Å². The van der Waals surface area contributed by atoms with Crippen LogP contribution >= 0.6 is 0 Å². The number of pyridine rings is 1. The third-order valence-corrected chi connectivity index (χ3v) is 3.92. The van der Waals surface area contributed by atoms with Crippen LogP contribution in [0.25, 0.3) is 0 Å². The number of hydrogen-bond acceptors (Lipinski definition) is 5. The first-order valence-electron chi connectivity index (χ1n) is 8.66. The maximum Gasteiger partial charge on any atom is 0.272 e. The molecule has 0 aromatic carbocycles. The van der Waals surface area contributed by atoms with Gasteiger partial charge in [0.05, 0.1) is 6.54 Å². The van der Waals surface area contributed by atoms with Crippen molar-refractivity contribution in [2.45, 2.75) is 19.8 Å². The Labute approximate surface area is 151 Å². The van der Waals surface area contributed by atoms with Crippen LogP contribution in [0.1, 0.15) is 23.8 Å². The molecular formula is C17H24F2N4O3. The number of rotatable bonds is 7. The summed E-state index contributed by atoms with van der Waals surface area (Å²) < 4.78 is 29.3. The highest BCUT2D eigenvalue weighted by Gasteiger charge is 2.22. The van der Waals surface area contributed by atoms with Crippen molar-refractivity contribution in [1.82, 2.24) is 20.1 Å². The van der Waals surface area contributed by atoms with Crippen LogP contribution in [-0.2, 0) is 4.79 Å². The highest BCUT2D eigenvalue weighted by molar-refractivity contribution is 5.92. The van der Waals surface area contributed by atoms with Gasteiger partial charge in [0.15, 0.2) is 6.61 Å². The first kappa shape index (κ1) is 20.0. The summed E-state index contributed by atoms with van der Waals surface area (Å²) in [5.41, 5.74) is 0.161. The molecule has 26 heavy (non-hydrogen) atoms. The Morgan fingerprint density at radius 1 is 1.27 bits per heavy atom. The standard InChI is InChI=1S/C17H24F2N4O3/c1-2-20-15(24)11-22-7-4-8-23(10-9-22)17(25)13-5-3-6-16(21-13)26-12-14(18)19/h3,5-6,14H,2,4,7-12H2,1H3,(H,20,24). The quantitative estimate of drug-likeness (QED) is 0.775.